The number of allylic oxidation sites excluding steroid dienone is 4. The molecule has 5 heteroatoms. The Morgan fingerprint density at radius 2 is 2.19 bits per heavy atom. The lowest BCUT2D eigenvalue weighted by Crippen LogP contribution is -2.16. The summed E-state index contributed by atoms with van der Waals surface area (Å²) in [5, 5.41) is 5.60. The molecule has 1 aliphatic rings. The molecule has 0 saturated carbocycles. The first kappa shape index (κ1) is 19.1. The Bertz CT molecular complexity index is 880. The normalized spacial score (nSPS) is 13.7. The number of thiophene rings is 1. The van der Waals surface area contributed by atoms with Crippen molar-refractivity contribution in [3.63, 3.8) is 0 Å². The summed E-state index contributed by atoms with van der Waals surface area (Å²) in [4.78, 5) is 12.7. The Balaban J connectivity index is 1.55. The summed E-state index contributed by atoms with van der Waals surface area (Å²) in [6, 6.07) is 10.5. The number of rotatable bonds is 8. The highest BCUT2D eigenvalue weighted by molar-refractivity contribution is 7.09. The van der Waals surface area contributed by atoms with Gasteiger partial charge >= 0.3 is 0 Å². The third-order valence-electron chi connectivity index (χ3n) is 4.31. The predicted octanol–water partition coefficient (Wildman–Crippen LogP) is 4.02. The minimum atomic E-state index is -0.399. The van der Waals surface area contributed by atoms with Gasteiger partial charge < -0.3 is 15.8 Å². The number of hydrogen-bond acceptors (Lipinski definition) is 4. The van der Waals surface area contributed by atoms with E-state index in [9.17, 15) is 4.79 Å². The standard InChI is InChI=1S/C22H24N2O2S/c1-16-14-17(15-24-12-11-20-6-3-13-27-20)7-10-21(16)26-19-5-2-4-18(8-9-19)22(23)25/h2-3,5-10,13-14,24H,4,11-12,15H2,1H3,(H2,23,25). The van der Waals surface area contributed by atoms with Crippen molar-refractivity contribution in [2.45, 2.75) is 26.3 Å². The van der Waals surface area contributed by atoms with Crippen molar-refractivity contribution in [1.29, 1.82) is 0 Å². The van der Waals surface area contributed by atoms with Crippen LogP contribution in [-0.2, 0) is 17.8 Å². The first-order valence-corrected chi connectivity index (χ1v) is 9.87. The fraction of sp³-hybridized carbons (Fsp3) is 0.227. The molecular formula is C22H24N2O2S. The highest BCUT2D eigenvalue weighted by atomic mass is 32.1. The summed E-state index contributed by atoms with van der Waals surface area (Å²) in [5.74, 6) is 1.10. The molecule has 1 aliphatic carbocycles. The van der Waals surface area contributed by atoms with Crippen LogP contribution in [0.2, 0.25) is 0 Å². The molecule has 3 N–H and O–H groups in total. The van der Waals surface area contributed by atoms with Gasteiger partial charge in [0.15, 0.2) is 0 Å². The van der Waals surface area contributed by atoms with Crippen LogP contribution in [-0.4, -0.2) is 12.5 Å². The summed E-state index contributed by atoms with van der Waals surface area (Å²) in [5.41, 5.74) is 8.21. The van der Waals surface area contributed by atoms with E-state index in [2.05, 4.69) is 35.0 Å². The van der Waals surface area contributed by atoms with Crippen LogP contribution in [0.25, 0.3) is 0 Å². The molecular weight excluding hydrogens is 356 g/mol. The van der Waals surface area contributed by atoms with Crippen LogP contribution in [0.1, 0.15) is 22.4 Å². The van der Waals surface area contributed by atoms with Gasteiger partial charge in [-0.25, -0.2) is 0 Å². The molecule has 4 nitrogen and oxygen atoms in total. The molecule has 3 rings (SSSR count). The number of hydrogen-bond donors (Lipinski definition) is 2. The molecule has 0 radical (unpaired) electrons. The van der Waals surface area contributed by atoms with Gasteiger partial charge in [-0.15, -0.1) is 11.3 Å². The van der Waals surface area contributed by atoms with E-state index in [4.69, 9.17) is 10.5 Å². The van der Waals surface area contributed by atoms with Crippen molar-refractivity contribution in [2.75, 3.05) is 6.54 Å². The van der Waals surface area contributed by atoms with Gasteiger partial charge in [0.2, 0.25) is 5.91 Å². The summed E-state index contributed by atoms with van der Waals surface area (Å²) < 4.78 is 5.98. The zero-order valence-corrected chi connectivity index (χ0v) is 16.2. The van der Waals surface area contributed by atoms with Crippen molar-refractivity contribution < 1.29 is 9.53 Å². The first-order chi connectivity index (χ1) is 13.1. The molecule has 0 spiro atoms. The van der Waals surface area contributed by atoms with Gasteiger partial charge in [0.25, 0.3) is 0 Å². The quantitative estimate of drug-likeness (QED) is 0.680. The summed E-state index contributed by atoms with van der Waals surface area (Å²) in [6.07, 6.45) is 8.83. The molecule has 27 heavy (non-hydrogen) atoms. The van der Waals surface area contributed by atoms with E-state index in [1.165, 1.54) is 10.4 Å². The van der Waals surface area contributed by atoms with E-state index in [1.54, 1.807) is 23.5 Å². The maximum Gasteiger partial charge on any atom is 0.244 e. The van der Waals surface area contributed by atoms with E-state index in [0.717, 1.165) is 30.8 Å². The molecule has 0 unspecified atom stereocenters. The molecule has 0 saturated heterocycles. The third kappa shape index (κ3) is 5.67. The molecule has 0 bridgehead atoms. The van der Waals surface area contributed by atoms with Crippen molar-refractivity contribution in [3.8, 4) is 5.75 Å². The molecule has 1 heterocycles. The number of benzene rings is 1. The summed E-state index contributed by atoms with van der Waals surface area (Å²) in [7, 11) is 0. The second-order valence-corrected chi connectivity index (χ2v) is 7.47. The van der Waals surface area contributed by atoms with E-state index >= 15 is 0 Å². The lowest BCUT2D eigenvalue weighted by molar-refractivity contribution is -0.114. The summed E-state index contributed by atoms with van der Waals surface area (Å²) in [6.45, 7) is 3.83. The fourth-order valence-electron chi connectivity index (χ4n) is 2.82. The Hall–Kier alpha value is -2.63. The molecule has 140 valence electrons. The second-order valence-electron chi connectivity index (χ2n) is 6.44. The van der Waals surface area contributed by atoms with E-state index in [1.807, 2.05) is 25.1 Å². The van der Waals surface area contributed by atoms with Crippen LogP contribution in [0.15, 0.2) is 71.3 Å². The van der Waals surface area contributed by atoms with Crippen molar-refractivity contribution >= 4 is 17.2 Å². The highest BCUT2D eigenvalue weighted by Crippen LogP contribution is 2.23. The molecule has 2 aromatic rings. The Kier molecular flexibility index (Phi) is 6.63. The maximum absolute atomic E-state index is 11.3. The average molecular weight is 381 g/mol. The van der Waals surface area contributed by atoms with Crippen LogP contribution < -0.4 is 15.8 Å². The molecule has 1 aromatic carbocycles. The number of carbonyl (C=O) groups excluding carboxylic acids is 1. The number of nitrogens with two attached hydrogens (primary N) is 1. The van der Waals surface area contributed by atoms with Gasteiger partial charge in [-0.3, -0.25) is 4.79 Å². The molecule has 0 aliphatic heterocycles. The lowest BCUT2D eigenvalue weighted by Gasteiger charge is -2.11. The Morgan fingerprint density at radius 1 is 1.30 bits per heavy atom. The van der Waals surface area contributed by atoms with Gasteiger partial charge in [0.05, 0.1) is 0 Å². The van der Waals surface area contributed by atoms with E-state index in [0.29, 0.717) is 17.8 Å². The monoisotopic (exact) mass is 380 g/mol. The van der Waals surface area contributed by atoms with Crippen molar-refractivity contribution in [2.24, 2.45) is 5.73 Å². The largest absolute Gasteiger partial charge is 0.457 e. The number of amides is 1. The topological polar surface area (TPSA) is 64.3 Å². The van der Waals surface area contributed by atoms with Gasteiger partial charge in [0, 0.05) is 23.5 Å². The van der Waals surface area contributed by atoms with Gasteiger partial charge in [-0.1, -0.05) is 24.3 Å². The van der Waals surface area contributed by atoms with Crippen LogP contribution in [0.3, 0.4) is 0 Å². The molecule has 0 fully saturated rings. The summed E-state index contributed by atoms with van der Waals surface area (Å²) >= 11 is 1.80. The maximum atomic E-state index is 11.3. The molecule has 0 atom stereocenters. The molecule has 1 amide bonds. The third-order valence-corrected chi connectivity index (χ3v) is 5.25. The van der Waals surface area contributed by atoms with Crippen LogP contribution in [0.5, 0.6) is 5.75 Å². The number of aryl methyl sites for hydroxylation is 1. The van der Waals surface area contributed by atoms with E-state index in [-0.39, 0.29) is 0 Å². The second kappa shape index (κ2) is 9.35. The number of primary amides is 1. The number of carbonyl (C=O) groups is 1. The fourth-order valence-corrected chi connectivity index (χ4v) is 3.53. The average Bonchev–Trinajstić information content (AvgIpc) is 3.05. The van der Waals surface area contributed by atoms with Gasteiger partial charge in [0.1, 0.15) is 11.5 Å². The van der Waals surface area contributed by atoms with Crippen molar-refractivity contribution in [3.05, 3.63) is 87.4 Å². The molecule has 1 aromatic heterocycles. The zero-order valence-electron chi connectivity index (χ0n) is 15.4. The lowest BCUT2D eigenvalue weighted by atomic mass is 10.1. The smallest absolute Gasteiger partial charge is 0.244 e. The van der Waals surface area contributed by atoms with Crippen LogP contribution >= 0.6 is 11.3 Å². The van der Waals surface area contributed by atoms with E-state index < -0.39 is 5.91 Å². The highest BCUT2D eigenvalue weighted by Gasteiger charge is 2.08. The Morgan fingerprint density at radius 3 is 2.93 bits per heavy atom. The van der Waals surface area contributed by atoms with Crippen LogP contribution in [0.4, 0.5) is 0 Å². The minimum Gasteiger partial charge on any atom is -0.457 e. The van der Waals surface area contributed by atoms with Gasteiger partial charge in [-0.05, 0) is 66.6 Å². The Labute approximate surface area is 164 Å². The number of nitrogens with one attached hydrogen (secondary N) is 1. The first-order valence-electron chi connectivity index (χ1n) is 8.99. The predicted molar refractivity (Wildman–Crippen MR) is 111 cm³/mol. The minimum absolute atomic E-state index is 0.399. The SMILES string of the molecule is Cc1cc(CNCCc2cccs2)ccc1OC1=CC=C(C(N)=O)CC=C1. The van der Waals surface area contributed by atoms with Crippen molar-refractivity contribution in [1.82, 2.24) is 5.32 Å². The van der Waals surface area contributed by atoms with Crippen LogP contribution in [0, 0.1) is 6.92 Å². The number of ether oxygens (including phenoxy) is 1. The zero-order chi connectivity index (χ0) is 19.1. The van der Waals surface area contributed by atoms with Gasteiger partial charge in [-0.2, -0.15) is 0 Å².